The summed E-state index contributed by atoms with van der Waals surface area (Å²) in [6.45, 7) is 2.18. The van der Waals surface area contributed by atoms with Crippen molar-refractivity contribution in [2.45, 2.75) is 13.3 Å². The van der Waals surface area contributed by atoms with Crippen LogP contribution >= 0.6 is 0 Å². The van der Waals surface area contributed by atoms with Crippen LogP contribution in [-0.2, 0) is 9.53 Å². The molecule has 6 heteroatoms. The van der Waals surface area contributed by atoms with Crippen LogP contribution < -0.4 is 15.8 Å². The summed E-state index contributed by atoms with van der Waals surface area (Å²) in [5, 5.41) is 2.61. The molecule has 0 fully saturated rings. The first-order valence-corrected chi connectivity index (χ1v) is 5.95. The highest BCUT2D eigenvalue weighted by atomic mass is 16.5. The first-order chi connectivity index (χ1) is 9.06. The fourth-order valence-corrected chi connectivity index (χ4v) is 1.39. The van der Waals surface area contributed by atoms with E-state index < -0.39 is 5.97 Å². The number of carbonyl (C=O) groups is 2. The molecule has 0 aliphatic heterocycles. The number of esters is 1. The number of rotatable bonds is 6. The minimum absolute atomic E-state index is 0.250. The maximum atomic E-state index is 11.7. The fraction of sp³-hybridized carbons (Fsp3) is 0.385. The van der Waals surface area contributed by atoms with Gasteiger partial charge in [0, 0.05) is 18.3 Å². The predicted molar refractivity (Wildman–Crippen MR) is 71.0 cm³/mol. The Bertz CT molecular complexity index is 460. The van der Waals surface area contributed by atoms with Gasteiger partial charge in [0.25, 0.3) is 5.91 Å². The Morgan fingerprint density at radius 3 is 2.68 bits per heavy atom. The van der Waals surface area contributed by atoms with Gasteiger partial charge in [-0.3, -0.25) is 4.79 Å². The summed E-state index contributed by atoms with van der Waals surface area (Å²) in [5.74, 6) is -0.481. The molecule has 0 unspecified atom stereocenters. The summed E-state index contributed by atoms with van der Waals surface area (Å²) in [7, 11) is 1.47. The molecular weight excluding hydrogens is 248 g/mol. The number of ether oxygens (including phenoxy) is 2. The molecule has 1 aromatic carbocycles. The number of methoxy groups -OCH3 is 1. The first kappa shape index (κ1) is 14.8. The number of benzene rings is 1. The summed E-state index contributed by atoms with van der Waals surface area (Å²) < 4.78 is 9.88. The van der Waals surface area contributed by atoms with Crippen LogP contribution in [0.1, 0.15) is 23.7 Å². The molecule has 0 saturated heterocycles. The lowest BCUT2D eigenvalue weighted by molar-refractivity contribution is -0.124. The van der Waals surface area contributed by atoms with Crippen molar-refractivity contribution in [3.8, 4) is 5.75 Å². The van der Waals surface area contributed by atoms with E-state index in [9.17, 15) is 9.59 Å². The Kier molecular flexibility index (Phi) is 5.66. The number of amides is 1. The van der Waals surface area contributed by atoms with E-state index in [-0.39, 0.29) is 18.1 Å². The highest BCUT2D eigenvalue weighted by Gasteiger charge is 2.11. The van der Waals surface area contributed by atoms with Crippen molar-refractivity contribution in [3.63, 3.8) is 0 Å². The Hall–Kier alpha value is -2.24. The van der Waals surface area contributed by atoms with E-state index in [1.807, 2.05) is 6.92 Å². The van der Waals surface area contributed by atoms with E-state index in [4.69, 9.17) is 15.2 Å². The van der Waals surface area contributed by atoms with E-state index in [0.29, 0.717) is 18.0 Å². The molecule has 104 valence electrons. The van der Waals surface area contributed by atoms with Crippen LogP contribution in [-0.4, -0.2) is 32.1 Å². The monoisotopic (exact) mass is 266 g/mol. The fourth-order valence-electron chi connectivity index (χ4n) is 1.39. The number of nitrogens with one attached hydrogen (secondary N) is 1. The van der Waals surface area contributed by atoms with E-state index in [2.05, 4.69) is 5.32 Å². The number of nitrogens with two attached hydrogens (primary N) is 1. The van der Waals surface area contributed by atoms with Crippen LogP contribution in [0, 0.1) is 0 Å². The largest absolute Gasteiger partial charge is 0.497 e. The summed E-state index contributed by atoms with van der Waals surface area (Å²) in [6, 6.07) is 4.56. The number of hydrogen-bond acceptors (Lipinski definition) is 5. The minimum atomic E-state index is -0.614. The third-order valence-corrected chi connectivity index (χ3v) is 2.31. The molecule has 6 nitrogen and oxygen atoms in total. The van der Waals surface area contributed by atoms with Crippen LogP contribution in [0.4, 0.5) is 5.69 Å². The van der Waals surface area contributed by atoms with Gasteiger partial charge in [0.2, 0.25) is 0 Å². The number of nitrogen functional groups attached to an aromatic ring is 1. The lowest BCUT2D eigenvalue weighted by Gasteiger charge is -2.07. The van der Waals surface area contributed by atoms with Crippen molar-refractivity contribution in [1.29, 1.82) is 0 Å². The van der Waals surface area contributed by atoms with Gasteiger partial charge in [0.05, 0.1) is 12.7 Å². The normalized spacial score (nSPS) is 9.79. The van der Waals surface area contributed by atoms with Crippen molar-refractivity contribution in [2.24, 2.45) is 0 Å². The standard InChI is InChI=1S/C13H18N2O4/c1-3-4-15-12(16)8-19-13(17)9-5-10(14)7-11(6-9)18-2/h5-7H,3-4,8,14H2,1-2H3,(H,15,16). The molecule has 0 spiro atoms. The molecule has 0 aliphatic carbocycles. The second-order valence-electron chi connectivity index (χ2n) is 3.92. The molecule has 19 heavy (non-hydrogen) atoms. The predicted octanol–water partition coefficient (Wildman–Crippen LogP) is 0.960. The van der Waals surface area contributed by atoms with Crippen molar-refractivity contribution in [1.82, 2.24) is 5.32 Å². The molecule has 0 aromatic heterocycles. The third kappa shape index (κ3) is 4.87. The molecule has 0 atom stereocenters. The molecule has 0 heterocycles. The minimum Gasteiger partial charge on any atom is -0.497 e. The van der Waals surface area contributed by atoms with Gasteiger partial charge >= 0.3 is 5.97 Å². The second kappa shape index (κ2) is 7.25. The average molecular weight is 266 g/mol. The van der Waals surface area contributed by atoms with Gasteiger partial charge in [-0.1, -0.05) is 6.92 Å². The van der Waals surface area contributed by atoms with Crippen molar-refractivity contribution < 1.29 is 19.1 Å². The van der Waals surface area contributed by atoms with Crippen molar-refractivity contribution in [3.05, 3.63) is 23.8 Å². The van der Waals surface area contributed by atoms with E-state index >= 15 is 0 Å². The zero-order valence-electron chi connectivity index (χ0n) is 11.1. The molecule has 0 aliphatic rings. The van der Waals surface area contributed by atoms with Crippen LogP contribution in [0.3, 0.4) is 0 Å². The summed E-state index contributed by atoms with van der Waals surface area (Å²) >= 11 is 0. The molecule has 0 bridgehead atoms. The zero-order valence-corrected chi connectivity index (χ0v) is 11.1. The molecule has 1 aromatic rings. The van der Waals surface area contributed by atoms with Crippen LogP contribution in [0.2, 0.25) is 0 Å². The van der Waals surface area contributed by atoms with E-state index in [1.54, 1.807) is 6.07 Å². The summed E-state index contributed by atoms with van der Waals surface area (Å²) in [6.07, 6.45) is 0.826. The SMILES string of the molecule is CCCNC(=O)COC(=O)c1cc(N)cc(OC)c1. The van der Waals surface area contributed by atoms with Gasteiger partial charge in [-0.2, -0.15) is 0 Å². The Labute approximate surface area is 111 Å². The lowest BCUT2D eigenvalue weighted by atomic mass is 10.2. The van der Waals surface area contributed by atoms with Gasteiger partial charge < -0.3 is 20.5 Å². The number of carbonyl (C=O) groups excluding carboxylic acids is 2. The molecule has 1 rings (SSSR count). The Morgan fingerprint density at radius 1 is 1.32 bits per heavy atom. The maximum Gasteiger partial charge on any atom is 0.338 e. The highest BCUT2D eigenvalue weighted by Crippen LogP contribution is 2.18. The van der Waals surface area contributed by atoms with Gasteiger partial charge in [-0.05, 0) is 18.6 Å². The topological polar surface area (TPSA) is 90.7 Å². The smallest absolute Gasteiger partial charge is 0.338 e. The molecule has 0 radical (unpaired) electrons. The second-order valence-corrected chi connectivity index (χ2v) is 3.92. The summed E-state index contributed by atoms with van der Waals surface area (Å²) in [5.41, 5.74) is 6.27. The van der Waals surface area contributed by atoms with Gasteiger partial charge in [-0.25, -0.2) is 4.79 Å². The van der Waals surface area contributed by atoms with Crippen LogP contribution in [0.5, 0.6) is 5.75 Å². The quantitative estimate of drug-likeness (QED) is 0.591. The van der Waals surface area contributed by atoms with Crippen LogP contribution in [0.25, 0.3) is 0 Å². The average Bonchev–Trinajstić information content (AvgIpc) is 2.41. The van der Waals surface area contributed by atoms with Crippen LogP contribution in [0.15, 0.2) is 18.2 Å². The summed E-state index contributed by atoms with van der Waals surface area (Å²) in [4.78, 5) is 23.0. The van der Waals surface area contributed by atoms with Gasteiger partial charge in [0.1, 0.15) is 5.75 Å². The number of anilines is 1. The number of hydrogen-bond donors (Lipinski definition) is 2. The van der Waals surface area contributed by atoms with E-state index in [1.165, 1.54) is 19.2 Å². The molecule has 3 N–H and O–H groups in total. The third-order valence-electron chi connectivity index (χ3n) is 2.31. The first-order valence-electron chi connectivity index (χ1n) is 5.95. The Morgan fingerprint density at radius 2 is 2.05 bits per heavy atom. The van der Waals surface area contributed by atoms with Gasteiger partial charge in [0.15, 0.2) is 6.61 Å². The van der Waals surface area contributed by atoms with Crippen molar-refractivity contribution in [2.75, 3.05) is 26.0 Å². The molecule has 1 amide bonds. The zero-order chi connectivity index (χ0) is 14.3. The van der Waals surface area contributed by atoms with Gasteiger partial charge in [-0.15, -0.1) is 0 Å². The van der Waals surface area contributed by atoms with Crippen molar-refractivity contribution >= 4 is 17.6 Å². The molecule has 0 saturated carbocycles. The lowest BCUT2D eigenvalue weighted by Crippen LogP contribution is -2.29. The Balaban J connectivity index is 2.58. The molecular formula is C13H18N2O4. The van der Waals surface area contributed by atoms with E-state index in [0.717, 1.165) is 6.42 Å². The maximum absolute atomic E-state index is 11.7. The highest BCUT2D eigenvalue weighted by molar-refractivity contribution is 5.92.